The lowest BCUT2D eigenvalue weighted by molar-refractivity contribution is -0.00491. The lowest BCUT2D eigenvalue weighted by Gasteiger charge is -2.24. The van der Waals surface area contributed by atoms with E-state index in [1.54, 1.807) is 6.92 Å². The number of nitrogens with zero attached hydrogens (tertiary/aromatic N) is 2. The summed E-state index contributed by atoms with van der Waals surface area (Å²) in [5, 5.41) is 12.9. The fraction of sp³-hybridized carbons (Fsp3) is 0.714. The van der Waals surface area contributed by atoms with Crippen molar-refractivity contribution < 1.29 is 27.5 Å². The third kappa shape index (κ3) is 3.10. The number of alkyl halides is 4. The maximum atomic E-state index is 13.5. The highest BCUT2D eigenvalue weighted by Crippen LogP contribution is 2.48. The number of carbonyl (C=O) groups is 1. The van der Waals surface area contributed by atoms with Gasteiger partial charge < -0.3 is 5.11 Å². The molecule has 0 bridgehead atoms. The van der Waals surface area contributed by atoms with Crippen LogP contribution in [0.2, 0.25) is 0 Å². The second-order valence-electron chi connectivity index (χ2n) is 6.52. The van der Waals surface area contributed by atoms with Gasteiger partial charge in [0.25, 0.3) is 5.92 Å². The van der Waals surface area contributed by atoms with Crippen molar-refractivity contribution in [3.63, 3.8) is 0 Å². The Morgan fingerprint density at radius 3 is 2.41 bits per heavy atom. The predicted molar refractivity (Wildman–Crippen MR) is 70.4 cm³/mol. The third-order valence-electron chi connectivity index (χ3n) is 4.12. The van der Waals surface area contributed by atoms with Crippen molar-refractivity contribution >= 4 is 5.97 Å². The first-order valence-corrected chi connectivity index (χ1v) is 6.91. The number of rotatable bonds is 4. The van der Waals surface area contributed by atoms with E-state index >= 15 is 0 Å². The molecule has 1 unspecified atom stereocenters. The highest BCUT2D eigenvalue weighted by atomic mass is 19.3. The minimum atomic E-state index is -3.29. The molecule has 0 aromatic carbocycles. The van der Waals surface area contributed by atoms with Gasteiger partial charge in [0.15, 0.2) is 0 Å². The van der Waals surface area contributed by atoms with Crippen LogP contribution in [-0.4, -0.2) is 26.8 Å². The fourth-order valence-corrected chi connectivity index (χ4v) is 3.14. The molecular weight excluding hydrogens is 304 g/mol. The van der Waals surface area contributed by atoms with Crippen molar-refractivity contribution in [2.75, 3.05) is 0 Å². The van der Waals surface area contributed by atoms with Crippen LogP contribution in [0.3, 0.4) is 0 Å². The Balaban J connectivity index is 2.41. The van der Waals surface area contributed by atoms with Crippen molar-refractivity contribution in [1.29, 1.82) is 0 Å². The van der Waals surface area contributed by atoms with Gasteiger partial charge in [-0.15, -0.1) is 0 Å². The molecule has 1 aliphatic rings. The normalized spacial score (nSPS) is 24.7. The van der Waals surface area contributed by atoms with E-state index in [4.69, 9.17) is 0 Å². The third-order valence-corrected chi connectivity index (χ3v) is 4.12. The van der Waals surface area contributed by atoms with Crippen molar-refractivity contribution in [2.45, 2.75) is 58.4 Å². The average molecular weight is 322 g/mol. The second kappa shape index (κ2) is 4.96. The Labute approximate surface area is 125 Å². The molecule has 1 aliphatic carbocycles. The molecule has 8 heteroatoms. The van der Waals surface area contributed by atoms with E-state index in [0.717, 1.165) is 4.68 Å². The summed E-state index contributed by atoms with van der Waals surface area (Å²) in [5.41, 5.74) is -1.99. The summed E-state index contributed by atoms with van der Waals surface area (Å²) in [6, 6.07) is 0. The zero-order valence-electron chi connectivity index (χ0n) is 12.6. The molecule has 4 nitrogen and oxygen atoms in total. The summed E-state index contributed by atoms with van der Waals surface area (Å²) in [5.74, 6) is -7.49. The molecule has 0 spiro atoms. The first kappa shape index (κ1) is 16.8. The number of carboxylic acids is 1. The highest BCUT2D eigenvalue weighted by Gasteiger charge is 2.47. The van der Waals surface area contributed by atoms with Gasteiger partial charge in [-0.2, -0.15) is 13.9 Å². The standard InChI is InChI=1S/C14H18F4N2O2/c1-8-9(11(21)22)20(19-10(8)13(3,15)16)7-12(2)4-5-14(17,18)6-12/h4-7H2,1-3H3,(H,21,22). The molecule has 22 heavy (non-hydrogen) atoms. The number of hydrogen-bond donors (Lipinski definition) is 1. The zero-order valence-corrected chi connectivity index (χ0v) is 12.6. The summed E-state index contributed by atoms with van der Waals surface area (Å²) < 4.78 is 54.8. The topological polar surface area (TPSA) is 55.1 Å². The minimum Gasteiger partial charge on any atom is -0.477 e. The van der Waals surface area contributed by atoms with Crippen LogP contribution < -0.4 is 0 Å². The van der Waals surface area contributed by atoms with E-state index in [0.29, 0.717) is 6.92 Å². The first-order valence-electron chi connectivity index (χ1n) is 6.91. The van der Waals surface area contributed by atoms with Gasteiger partial charge in [-0.25, -0.2) is 13.6 Å². The van der Waals surface area contributed by atoms with Crippen molar-refractivity contribution in [3.8, 4) is 0 Å². The number of hydrogen-bond acceptors (Lipinski definition) is 2. The average Bonchev–Trinajstić information content (AvgIpc) is 2.75. The first-order chi connectivity index (χ1) is 9.85. The Kier molecular flexibility index (Phi) is 3.78. The molecule has 0 amide bonds. The summed E-state index contributed by atoms with van der Waals surface area (Å²) in [6.45, 7) is 3.36. The molecule has 1 atom stereocenters. The Morgan fingerprint density at radius 2 is 2.00 bits per heavy atom. The fourth-order valence-electron chi connectivity index (χ4n) is 3.14. The van der Waals surface area contributed by atoms with Crippen LogP contribution in [0.25, 0.3) is 0 Å². The highest BCUT2D eigenvalue weighted by molar-refractivity contribution is 5.87. The summed E-state index contributed by atoms with van der Waals surface area (Å²) in [4.78, 5) is 11.3. The molecule has 1 fully saturated rings. The maximum Gasteiger partial charge on any atom is 0.354 e. The summed E-state index contributed by atoms with van der Waals surface area (Å²) in [6.07, 6.45) is -0.505. The monoisotopic (exact) mass is 322 g/mol. The van der Waals surface area contributed by atoms with Gasteiger partial charge in [0.2, 0.25) is 5.92 Å². The Bertz CT molecular complexity index is 607. The summed E-state index contributed by atoms with van der Waals surface area (Å²) in [7, 11) is 0. The lowest BCUT2D eigenvalue weighted by Crippen LogP contribution is -2.26. The van der Waals surface area contributed by atoms with Crippen LogP contribution in [0.4, 0.5) is 17.6 Å². The Hall–Kier alpha value is -1.60. The van der Waals surface area contributed by atoms with Crippen LogP contribution >= 0.6 is 0 Å². The number of aromatic carboxylic acids is 1. The van der Waals surface area contributed by atoms with E-state index < -0.39 is 35.3 Å². The Morgan fingerprint density at radius 1 is 1.41 bits per heavy atom. The van der Waals surface area contributed by atoms with Crippen LogP contribution in [0.5, 0.6) is 0 Å². The SMILES string of the molecule is Cc1c(C(C)(F)F)nn(CC2(C)CCC(F)(F)C2)c1C(=O)O. The molecule has 1 aromatic heterocycles. The molecule has 1 N–H and O–H groups in total. The van der Waals surface area contributed by atoms with Gasteiger partial charge in [-0.05, 0) is 18.8 Å². The predicted octanol–water partition coefficient (Wildman–Crippen LogP) is 3.83. The molecule has 0 radical (unpaired) electrons. The molecule has 1 heterocycles. The van der Waals surface area contributed by atoms with Crippen LogP contribution in [0.15, 0.2) is 0 Å². The molecule has 124 valence electrons. The molecule has 2 rings (SSSR count). The van der Waals surface area contributed by atoms with Crippen LogP contribution in [0.1, 0.15) is 54.9 Å². The van der Waals surface area contributed by atoms with E-state index in [2.05, 4.69) is 5.10 Å². The molecule has 0 saturated heterocycles. The molecule has 1 aromatic rings. The van der Waals surface area contributed by atoms with Crippen molar-refractivity contribution in [2.24, 2.45) is 5.41 Å². The van der Waals surface area contributed by atoms with Gasteiger partial charge in [-0.3, -0.25) is 4.68 Å². The van der Waals surface area contributed by atoms with Crippen molar-refractivity contribution in [1.82, 2.24) is 9.78 Å². The quantitative estimate of drug-likeness (QED) is 0.857. The van der Waals surface area contributed by atoms with Crippen molar-refractivity contribution in [3.05, 3.63) is 17.0 Å². The number of carboxylic acid groups (broad SMARTS) is 1. The van der Waals surface area contributed by atoms with Crippen LogP contribution in [-0.2, 0) is 12.5 Å². The number of aromatic nitrogens is 2. The maximum absolute atomic E-state index is 13.5. The van der Waals surface area contributed by atoms with E-state index in [-0.39, 0.29) is 30.6 Å². The van der Waals surface area contributed by atoms with Gasteiger partial charge >= 0.3 is 5.97 Å². The lowest BCUT2D eigenvalue weighted by atomic mass is 9.88. The molecular formula is C14H18F4N2O2. The smallest absolute Gasteiger partial charge is 0.354 e. The van der Waals surface area contributed by atoms with Crippen LogP contribution in [0, 0.1) is 12.3 Å². The van der Waals surface area contributed by atoms with E-state index in [1.165, 1.54) is 6.92 Å². The molecule has 1 saturated carbocycles. The largest absolute Gasteiger partial charge is 0.477 e. The van der Waals surface area contributed by atoms with Gasteiger partial charge in [0.1, 0.15) is 11.4 Å². The van der Waals surface area contributed by atoms with Gasteiger partial charge in [-0.1, -0.05) is 6.92 Å². The van der Waals surface area contributed by atoms with E-state index in [1.807, 2.05) is 0 Å². The number of halogens is 4. The van der Waals surface area contributed by atoms with Gasteiger partial charge in [0, 0.05) is 31.9 Å². The van der Waals surface area contributed by atoms with Gasteiger partial charge in [0.05, 0.1) is 0 Å². The second-order valence-corrected chi connectivity index (χ2v) is 6.52. The minimum absolute atomic E-state index is 0.124. The molecule has 0 aliphatic heterocycles. The zero-order chi connectivity index (χ0) is 16.9. The summed E-state index contributed by atoms with van der Waals surface area (Å²) >= 11 is 0. The van der Waals surface area contributed by atoms with E-state index in [9.17, 15) is 27.5 Å².